The average Bonchev–Trinajstić information content (AvgIpc) is 2.96. The van der Waals surface area contributed by atoms with Crippen LogP contribution in [0.2, 0.25) is 0 Å². The third kappa shape index (κ3) is 2.08. The molecule has 4 nitrogen and oxygen atoms in total. The molecule has 1 aromatic carbocycles. The summed E-state index contributed by atoms with van der Waals surface area (Å²) in [5.74, 6) is 1.26. The zero-order chi connectivity index (χ0) is 14.1. The molecule has 0 unspecified atom stereocenters. The monoisotopic (exact) mass is 266 g/mol. The standard InChI is InChI=1S/C16H18N4/c1-11(2)15-7-8-20(19-15)16-14-6-4-3-5-13(14)12(9-17)10-18-16/h3-8,10-11H,9,17H2,1-2H3. The lowest BCUT2D eigenvalue weighted by atomic mass is 10.1. The van der Waals surface area contributed by atoms with E-state index in [9.17, 15) is 0 Å². The minimum Gasteiger partial charge on any atom is -0.326 e. The van der Waals surface area contributed by atoms with Crippen LogP contribution in [-0.4, -0.2) is 14.8 Å². The Bertz CT molecular complexity index is 743. The molecule has 2 N–H and O–H groups in total. The molecule has 0 amide bonds. The van der Waals surface area contributed by atoms with Gasteiger partial charge in [0.05, 0.1) is 5.69 Å². The van der Waals surface area contributed by atoms with Crippen molar-refractivity contribution in [2.24, 2.45) is 5.73 Å². The smallest absolute Gasteiger partial charge is 0.161 e. The van der Waals surface area contributed by atoms with E-state index in [0.717, 1.165) is 27.8 Å². The van der Waals surface area contributed by atoms with E-state index in [-0.39, 0.29) is 0 Å². The first-order valence-electron chi connectivity index (χ1n) is 6.83. The van der Waals surface area contributed by atoms with Gasteiger partial charge in [0, 0.05) is 24.3 Å². The molecule has 0 spiro atoms. The molecule has 0 radical (unpaired) electrons. The summed E-state index contributed by atoms with van der Waals surface area (Å²) in [6.07, 6.45) is 3.81. The molecule has 0 aliphatic carbocycles. The van der Waals surface area contributed by atoms with Gasteiger partial charge in [-0.05, 0) is 22.9 Å². The second-order valence-corrected chi connectivity index (χ2v) is 5.20. The molecule has 0 aliphatic rings. The van der Waals surface area contributed by atoms with Crippen LogP contribution in [0.1, 0.15) is 31.0 Å². The summed E-state index contributed by atoms with van der Waals surface area (Å²) in [6.45, 7) is 4.76. The molecule has 0 saturated heterocycles. The number of aromatic nitrogens is 3. The van der Waals surface area contributed by atoms with Gasteiger partial charge in [0.2, 0.25) is 0 Å². The highest BCUT2D eigenvalue weighted by atomic mass is 15.3. The Morgan fingerprint density at radius 3 is 2.55 bits per heavy atom. The minimum absolute atomic E-state index is 0.408. The van der Waals surface area contributed by atoms with Gasteiger partial charge < -0.3 is 5.73 Å². The molecule has 0 aliphatic heterocycles. The summed E-state index contributed by atoms with van der Waals surface area (Å²) in [4.78, 5) is 4.54. The predicted molar refractivity (Wildman–Crippen MR) is 80.8 cm³/mol. The Kier molecular flexibility index (Phi) is 3.24. The van der Waals surface area contributed by atoms with Crippen molar-refractivity contribution in [3.05, 3.63) is 54.0 Å². The SMILES string of the molecule is CC(C)c1ccn(-c2ncc(CN)c3ccccc23)n1. The highest BCUT2D eigenvalue weighted by molar-refractivity contribution is 5.90. The van der Waals surface area contributed by atoms with Gasteiger partial charge in [0.15, 0.2) is 5.82 Å². The van der Waals surface area contributed by atoms with Crippen molar-refractivity contribution in [3.8, 4) is 5.82 Å². The van der Waals surface area contributed by atoms with Gasteiger partial charge in [-0.15, -0.1) is 0 Å². The third-order valence-electron chi connectivity index (χ3n) is 3.49. The topological polar surface area (TPSA) is 56.7 Å². The zero-order valence-corrected chi connectivity index (χ0v) is 11.7. The Hall–Kier alpha value is -2.20. The van der Waals surface area contributed by atoms with E-state index in [2.05, 4.69) is 36.1 Å². The maximum absolute atomic E-state index is 5.79. The first-order valence-corrected chi connectivity index (χ1v) is 6.83. The lowest BCUT2D eigenvalue weighted by molar-refractivity contribution is 0.760. The molecule has 20 heavy (non-hydrogen) atoms. The molecular formula is C16H18N4. The molecule has 0 atom stereocenters. The van der Waals surface area contributed by atoms with E-state index in [1.807, 2.05) is 35.3 Å². The molecule has 2 heterocycles. The predicted octanol–water partition coefficient (Wildman–Crippen LogP) is 3.00. The van der Waals surface area contributed by atoms with E-state index in [1.54, 1.807) is 0 Å². The third-order valence-corrected chi connectivity index (χ3v) is 3.49. The van der Waals surface area contributed by atoms with Crippen LogP contribution in [-0.2, 0) is 6.54 Å². The molecular weight excluding hydrogens is 248 g/mol. The number of nitrogens with zero attached hydrogens (tertiary/aromatic N) is 3. The Morgan fingerprint density at radius 1 is 1.15 bits per heavy atom. The highest BCUT2D eigenvalue weighted by Crippen LogP contribution is 2.23. The Morgan fingerprint density at radius 2 is 1.90 bits per heavy atom. The number of nitrogens with two attached hydrogens (primary N) is 1. The van der Waals surface area contributed by atoms with Crippen molar-refractivity contribution >= 4 is 10.8 Å². The number of fused-ring (bicyclic) bond motifs is 1. The highest BCUT2D eigenvalue weighted by Gasteiger charge is 2.10. The van der Waals surface area contributed by atoms with E-state index < -0.39 is 0 Å². The maximum Gasteiger partial charge on any atom is 0.161 e. The first-order chi connectivity index (χ1) is 9.70. The molecule has 0 fully saturated rings. The fourth-order valence-corrected chi connectivity index (χ4v) is 2.35. The summed E-state index contributed by atoms with van der Waals surface area (Å²) < 4.78 is 1.85. The lowest BCUT2D eigenvalue weighted by Crippen LogP contribution is -2.04. The van der Waals surface area contributed by atoms with Crippen LogP contribution in [0.25, 0.3) is 16.6 Å². The van der Waals surface area contributed by atoms with E-state index in [4.69, 9.17) is 5.73 Å². The second-order valence-electron chi connectivity index (χ2n) is 5.20. The van der Waals surface area contributed by atoms with Crippen LogP contribution < -0.4 is 5.73 Å². The van der Waals surface area contributed by atoms with Gasteiger partial charge >= 0.3 is 0 Å². The maximum atomic E-state index is 5.79. The molecule has 4 heteroatoms. The number of pyridine rings is 1. The number of hydrogen-bond donors (Lipinski definition) is 1. The quantitative estimate of drug-likeness (QED) is 0.792. The first kappa shape index (κ1) is 12.8. The zero-order valence-electron chi connectivity index (χ0n) is 11.7. The summed E-state index contributed by atoms with van der Waals surface area (Å²) >= 11 is 0. The molecule has 0 saturated carbocycles. The Labute approximate surface area is 118 Å². The van der Waals surface area contributed by atoms with Crippen molar-refractivity contribution < 1.29 is 0 Å². The lowest BCUT2D eigenvalue weighted by Gasteiger charge is -2.09. The summed E-state index contributed by atoms with van der Waals surface area (Å²) in [5.41, 5.74) is 7.91. The van der Waals surface area contributed by atoms with Gasteiger partial charge in [-0.25, -0.2) is 9.67 Å². The second kappa shape index (κ2) is 5.06. The molecule has 2 aromatic heterocycles. The fraction of sp³-hybridized carbons (Fsp3) is 0.250. The van der Waals surface area contributed by atoms with Gasteiger partial charge in [0.1, 0.15) is 0 Å². The molecule has 3 aromatic rings. The van der Waals surface area contributed by atoms with Crippen LogP contribution in [0.15, 0.2) is 42.7 Å². The van der Waals surface area contributed by atoms with Gasteiger partial charge in [-0.1, -0.05) is 38.1 Å². The van der Waals surface area contributed by atoms with Crippen LogP contribution >= 0.6 is 0 Å². The van der Waals surface area contributed by atoms with Crippen LogP contribution in [0.5, 0.6) is 0 Å². The largest absolute Gasteiger partial charge is 0.326 e. The minimum atomic E-state index is 0.408. The van der Waals surface area contributed by atoms with Gasteiger partial charge in [-0.2, -0.15) is 5.10 Å². The molecule has 3 rings (SSSR count). The van der Waals surface area contributed by atoms with Gasteiger partial charge in [-0.3, -0.25) is 0 Å². The number of rotatable bonds is 3. The number of benzene rings is 1. The fourth-order valence-electron chi connectivity index (χ4n) is 2.35. The normalized spacial score (nSPS) is 11.4. The van der Waals surface area contributed by atoms with Crippen molar-refractivity contribution in [1.82, 2.24) is 14.8 Å². The molecule has 102 valence electrons. The van der Waals surface area contributed by atoms with Gasteiger partial charge in [0.25, 0.3) is 0 Å². The van der Waals surface area contributed by atoms with Crippen LogP contribution in [0, 0.1) is 0 Å². The van der Waals surface area contributed by atoms with Crippen molar-refractivity contribution in [2.45, 2.75) is 26.3 Å². The van der Waals surface area contributed by atoms with Crippen molar-refractivity contribution in [3.63, 3.8) is 0 Å². The van der Waals surface area contributed by atoms with E-state index >= 15 is 0 Å². The summed E-state index contributed by atoms with van der Waals surface area (Å²) in [5, 5.41) is 6.83. The number of hydrogen-bond acceptors (Lipinski definition) is 3. The summed E-state index contributed by atoms with van der Waals surface area (Å²) in [7, 11) is 0. The molecule has 0 bridgehead atoms. The van der Waals surface area contributed by atoms with Crippen LogP contribution in [0.3, 0.4) is 0 Å². The summed E-state index contributed by atoms with van der Waals surface area (Å²) in [6, 6.07) is 10.2. The van der Waals surface area contributed by atoms with E-state index in [1.165, 1.54) is 0 Å². The van der Waals surface area contributed by atoms with Crippen LogP contribution in [0.4, 0.5) is 0 Å². The van der Waals surface area contributed by atoms with Crippen molar-refractivity contribution in [1.29, 1.82) is 0 Å². The Balaban J connectivity index is 2.21. The average molecular weight is 266 g/mol. The van der Waals surface area contributed by atoms with E-state index in [0.29, 0.717) is 12.5 Å². The van der Waals surface area contributed by atoms with Crippen molar-refractivity contribution in [2.75, 3.05) is 0 Å².